The van der Waals surface area contributed by atoms with Crippen LogP contribution in [0.4, 0.5) is 4.39 Å². The molecule has 7 heteroatoms. The van der Waals surface area contributed by atoms with E-state index in [1.54, 1.807) is 17.8 Å². The zero-order valence-electron chi connectivity index (χ0n) is 18.9. The fraction of sp³-hybridized carbons (Fsp3) is 0.259. The van der Waals surface area contributed by atoms with E-state index in [0.29, 0.717) is 24.2 Å². The molecule has 3 heterocycles. The van der Waals surface area contributed by atoms with Gasteiger partial charge in [0.25, 0.3) is 5.91 Å². The lowest BCUT2D eigenvalue weighted by Gasteiger charge is -2.22. The molecule has 0 bridgehead atoms. The molecule has 5 nitrogen and oxygen atoms in total. The Balaban J connectivity index is 1.15. The highest BCUT2D eigenvalue weighted by atomic mass is 32.2. The highest BCUT2D eigenvalue weighted by molar-refractivity contribution is 7.98. The van der Waals surface area contributed by atoms with E-state index in [4.69, 9.17) is 0 Å². The van der Waals surface area contributed by atoms with Crippen LogP contribution in [0, 0.1) is 5.82 Å². The average molecular weight is 475 g/mol. The monoisotopic (exact) mass is 474 g/mol. The molecule has 5 rings (SSSR count). The molecule has 0 N–H and O–H groups in total. The van der Waals surface area contributed by atoms with Gasteiger partial charge < -0.3 is 9.30 Å². The normalized spacial score (nSPS) is 14.9. The van der Waals surface area contributed by atoms with Crippen molar-refractivity contribution in [2.75, 3.05) is 26.2 Å². The number of thioether (sulfide) groups is 1. The molecule has 0 aliphatic carbocycles. The molecule has 1 aliphatic heterocycles. The zero-order valence-corrected chi connectivity index (χ0v) is 19.8. The fourth-order valence-electron chi connectivity index (χ4n) is 4.29. The topological polar surface area (TPSA) is 40.9 Å². The Morgan fingerprint density at radius 3 is 2.59 bits per heavy atom. The van der Waals surface area contributed by atoms with Crippen LogP contribution in [0.5, 0.6) is 0 Å². The summed E-state index contributed by atoms with van der Waals surface area (Å²) in [7, 11) is 0. The van der Waals surface area contributed by atoms with E-state index in [1.807, 2.05) is 70.1 Å². The van der Waals surface area contributed by atoms with Crippen molar-refractivity contribution in [3.8, 4) is 0 Å². The van der Waals surface area contributed by atoms with Gasteiger partial charge in [0.15, 0.2) is 0 Å². The predicted molar refractivity (Wildman–Crippen MR) is 133 cm³/mol. The summed E-state index contributed by atoms with van der Waals surface area (Å²) in [6.45, 7) is 3.55. The van der Waals surface area contributed by atoms with Gasteiger partial charge in [0.1, 0.15) is 11.5 Å². The van der Waals surface area contributed by atoms with Crippen molar-refractivity contribution < 1.29 is 9.18 Å². The van der Waals surface area contributed by atoms with Crippen molar-refractivity contribution in [3.05, 3.63) is 102 Å². The first-order chi connectivity index (χ1) is 16.7. The van der Waals surface area contributed by atoms with Crippen LogP contribution < -0.4 is 0 Å². The van der Waals surface area contributed by atoms with E-state index in [-0.39, 0.29) is 11.7 Å². The summed E-state index contributed by atoms with van der Waals surface area (Å²) in [5.41, 5.74) is 3.39. The lowest BCUT2D eigenvalue weighted by atomic mass is 10.2. The Kier molecular flexibility index (Phi) is 6.92. The lowest BCUT2D eigenvalue weighted by Crippen LogP contribution is -2.35. The maximum absolute atomic E-state index is 14.0. The van der Waals surface area contributed by atoms with E-state index < -0.39 is 0 Å². The molecule has 0 saturated carbocycles. The molecule has 1 amide bonds. The molecule has 0 unspecified atom stereocenters. The van der Waals surface area contributed by atoms with Crippen molar-refractivity contribution in [1.82, 2.24) is 19.2 Å². The third kappa shape index (κ3) is 5.32. The summed E-state index contributed by atoms with van der Waals surface area (Å²) < 4.78 is 16.0. The molecule has 2 aromatic carbocycles. The Bertz CT molecular complexity index is 1240. The van der Waals surface area contributed by atoms with Crippen LogP contribution in [-0.2, 0) is 12.3 Å². The number of hydrogen-bond acceptors (Lipinski definition) is 4. The van der Waals surface area contributed by atoms with E-state index in [2.05, 4.69) is 16.1 Å². The van der Waals surface area contributed by atoms with Gasteiger partial charge in [-0.1, -0.05) is 24.3 Å². The third-order valence-electron chi connectivity index (χ3n) is 6.13. The molecule has 1 aliphatic rings. The zero-order chi connectivity index (χ0) is 23.3. The number of benzene rings is 2. The highest BCUT2D eigenvalue weighted by Gasteiger charge is 2.21. The Morgan fingerprint density at radius 1 is 0.941 bits per heavy atom. The summed E-state index contributed by atoms with van der Waals surface area (Å²) in [4.78, 5) is 23.0. The van der Waals surface area contributed by atoms with E-state index in [0.717, 1.165) is 48.0 Å². The highest BCUT2D eigenvalue weighted by Crippen LogP contribution is 2.24. The minimum atomic E-state index is -0.168. The summed E-state index contributed by atoms with van der Waals surface area (Å²) >= 11 is 1.71. The quantitative estimate of drug-likeness (QED) is 0.364. The number of carbonyl (C=O) groups is 1. The van der Waals surface area contributed by atoms with Gasteiger partial charge in [-0.25, -0.2) is 9.37 Å². The van der Waals surface area contributed by atoms with Crippen molar-refractivity contribution in [2.24, 2.45) is 0 Å². The number of hydrogen-bond donors (Lipinski definition) is 0. The van der Waals surface area contributed by atoms with E-state index in [9.17, 15) is 9.18 Å². The van der Waals surface area contributed by atoms with E-state index in [1.165, 1.54) is 6.07 Å². The maximum Gasteiger partial charge on any atom is 0.253 e. The van der Waals surface area contributed by atoms with E-state index >= 15 is 0 Å². The van der Waals surface area contributed by atoms with Gasteiger partial charge in [-0.05, 0) is 48.9 Å². The number of halogens is 1. The minimum Gasteiger partial charge on any atom is -0.337 e. The molecule has 1 fully saturated rings. The second-order valence-electron chi connectivity index (χ2n) is 8.52. The van der Waals surface area contributed by atoms with Crippen LogP contribution in [0.1, 0.15) is 28.0 Å². The van der Waals surface area contributed by atoms with Crippen molar-refractivity contribution in [3.63, 3.8) is 0 Å². The van der Waals surface area contributed by atoms with Gasteiger partial charge in [0.05, 0.1) is 5.69 Å². The molecule has 174 valence electrons. The Labute approximate surface area is 203 Å². The van der Waals surface area contributed by atoms with Crippen LogP contribution >= 0.6 is 11.8 Å². The summed E-state index contributed by atoms with van der Waals surface area (Å²) in [5, 5.41) is 0. The standard InChI is InChI=1S/C27H27FN4OS/c28-25-7-2-1-6-22(25)18-30-13-5-15-31(17-16-30)27(33)21-9-11-24(12-10-21)34-20-23-19-32-14-4-3-8-26(32)29-23/h1-4,6-12,14,19H,5,13,15-18,20H2. The predicted octanol–water partition coefficient (Wildman–Crippen LogP) is 5.11. The van der Waals surface area contributed by atoms with Gasteiger partial charge in [-0.15, -0.1) is 11.8 Å². The number of rotatable bonds is 6. The van der Waals surface area contributed by atoms with Crippen LogP contribution in [0.15, 0.2) is 84.0 Å². The van der Waals surface area contributed by atoms with Gasteiger partial charge in [-0.2, -0.15) is 0 Å². The molecule has 0 radical (unpaired) electrons. The third-order valence-corrected chi connectivity index (χ3v) is 7.17. The number of fused-ring (bicyclic) bond motifs is 1. The van der Waals surface area contributed by atoms with Crippen molar-refractivity contribution in [2.45, 2.75) is 23.6 Å². The second-order valence-corrected chi connectivity index (χ2v) is 9.57. The first-order valence-corrected chi connectivity index (χ1v) is 12.5. The van der Waals surface area contributed by atoms with Crippen LogP contribution in [0.25, 0.3) is 5.65 Å². The molecular formula is C27H27FN4OS. The molecule has 1 saturated heterocycles. The number of carbonyl (C=O) groups excluding carboxylic acids is 1. The van der Waals surface area contributed by atoms with Crippen LogP contribution in [-0.4, -0.2) is 51.3 Å². The van der Waals surface area contributed by atoms with Gasteiger partial charge in [-0.3, -0.25) is 9.69 Å². The van der Waals surface area contributed by atoms with Crippen molar-refractivity contribution >= 4 is 23.3 Å². The largest absolute Gasteiger partial charge is 0.337 e. The molecular weight excluding hydrogens is 447 g/mol. The first-order valence-electron chi connectivity index (χ1n) is 11.6. The minimum absolute atomic E-state index is 0.0599. The fourth-order valence-corrected chi connectivity index (χ4v) is 5.07. The number of pyridine rings is 1. The Hall–Kier alpha value is -3.16. The number of imidazole rings is 1. The SMILES string of the molecule is O=C(c1ccc(SCc2cn3ccccc3n2)cc1)N1CCCN(Cc2ccccc2F)CC1. The smallest absolute Gasteiger partial charge is 0.253 e. The van der Waals surface area contributed by atoms with Gasteiger partial charge in [0.2, 0.25) is 0 Å². The summed E-state index contributed by atoms with van der Waals surface area (Å²) in [5.74, 6) is 0.669. The average Bonchev–Trinajstić information content (AvgIpc) is 3.14. The molecule has 4 aromatic rings. The lowest BCUT2D eigenvalue weighted by molar-refractivity contribution is 0.0761. The molecule has 2 aromatic heterocycles. The van der Waals surface area contributed by atoms with Gasteiger partial charge in [0, 0.05) is 66.9 Å². The molecule has 0 atom stereocenters. The second kappa shape index (κ2) is 10.4. The summed E-state index contributed by atoms with van der Waals surface area (Å²) in [6, 6.07) is 20.7. The number of amides is 1. The van der Waals surface area contributed by atoms with Gasteiger partial charge >= 0.3 is 0 Å². The summed E-state index contributed by atoms with van der Waals surface area (Å²) in [6.07, 6.45) is 4.93. The van der Waals surface area contributed by atoms with Crippen molar-refractivity contribution in [1.29, 1.82) is 0 Å². The van der Waals surface area contributed by atoms with Crippen LogP contribution in [0.2, 0.25) is 0 Å². The number of aromatic nitrogens is 2. The first kappa shape index (κ1) is 22.6. The number of nitrogens with zero attached hydrogens (tertiary/aromatic N) is 4. The van der Waals surface area contributed by atoms with Crippen LogP contribution in [0.3, 0.4) is 0 Å². The molecule has 0 spiro atoms. The maximum atomic E-state index is 14.0. The molecule has 34 heavy (non-hydrogen) atoms. The Morgan fingerprint density at radius 2 is 1.76 bits per heavy atom.